The third kappa shape index (κ3) is 3.80. The lowest BCUT2D eigenvalue weighted by Gasteiger charge is -2.27. The van der Waals surface area contributed by atoms with Gasteiger partial charge in [-0.15, -0.1) is 0 Å². The maximum atomic E-state index is 13.8. The molecule has 1 heterocycles. The number of carbonyl (C=O) groups excluding carboxylic acids is 1. The van der Waals surface area contributed by atoms with Crippen LogP contribution in [0.25, 0.3) is 0 Å². The fourth-order valence-electron chi connectivity index (χ4n) is 2.56. The van der Waals surface area contributed by atoms with Crippen molar-refractivity contribution in [1.82, 2.24) is 4.90 Å². The Labute approximate surface area is 145 Å². The van der Waals surface area contributed by atoms with E-state index in [0.717, 1.165) is 6.07 Å². The number of anilines is 1. The zero-order chi connectivity index (χ0) is 17.9. The van der Waals surface area contributed by atoms with Crippen molar-refractivity contribution in [2.24, 2.45) is 0 Å². The van der Waals surface area contributed by atoms with Gasteiger partial charge >= 0.3 is 0 Å². The van der Waals surface area contributed by atoms with Crippen LogP contribution in [0.3, 0.4) is 0 Å². The molecule has 25 heavy (non-hydrogen) atoms. The number of rotatable bonds is 4. The van der Waals surface area contributed by atoms with Crippen molar-refractivity contribution in [2.75, 3.05) is 31.0 Å². The number of nitrogens with zero attached hydrogens (tertiary/aromatic N) is 1. The van der Waals surface area contributed by atoms with Gasteiger partial charge in [0, 0.05) is 13.1 Å². The molecule has 0 bridgehead atoms. The Bertz CT molecular complexity index is 880. The first kappa shape index (κ1) is 17.4. The number of nitrogens with one attached hydrogen (secondary N) is 1. The molecule has 3 rings (SSSR count). The molecule has 1 N–H and O–H groups in total. The van der Waals surface area contributed by atoms with Gasteiger partial charge in [-0.25, -0.2) is 12.8 Å². The summed E-state index contributed by atoms with van der Waals surface area (Å²) in [5, 5.41) is 0. The molecule has 2 aromatic carbocycles. The number of hydrogen-bond donors (Lipinski definition) is 1. The number of halogens is 1. The van der Waals surface area contributed by atoms with Gasteiger partial charge in [0.05, 0.1) is 24.5 Å². The monoisotopic (exact) mass is 364 g/mol. The molecular weight excluding hydrogens is 347 g/mol. The van der Waals surface area contributed by atoms with E-state index in [9.17, 15) is 17.6 Å². The third-order valence-corrected chi connectivity index (χ3v) is 5.23. The van der Waals surface area contributed by atoms with E-state index in [0.29, 0.717) is 26.3 Å². The Morgan fingerprint density at radius 3 is 2.40 bits per heavy atom. The van der Waals surface area contributed by atoms with Gasteiger partial charge in [0.15, 0.2) is 0 Å². The number of morpholine rings is 1. The van der Waals surface area contributed by atoms with Crippen LogP contribution >= 0.6 is 0 Å². The van der Waals surface area contributed by atoms with Crippen LogP contribution in [-0.4, -0.2) is 45.5 Å². The maximum Gasteiger partial charge on any atom is 0.264 e. The fraction of sp³-hybridized carbons (Fsp3) is 0.235. The average molecular weight is 364 g/mol. The second kappa shape index (κ2) is 7.20. The highest BCUT2D eigenvalue weighted by Gasteiger charge is 2.24. The molecule has 1 amide bonds. The van der Waals surface area contributed by atoms with Crippen molar-refractivity contribution < 1.29 is 22.3 Å². The predicted molar refractivity (Wildman–Crippen MR) is 90.4 cm³/mol. The molecule has 0 spiro atoms. The van der Waals surface area contributed by atoms with E-state index in [1.807, 2.05) is 0 Å². The molecule has 0 aromatic heterocycles. The standard InChI is InChI=1S/C17H17FN2O4S/c18-14-6-2-4-8-16(14)25(22,23)19-15-7-3-1-5-13(15)17(21)20-9-11-24-12-10-20/h1-8,19H,9-12H2. The van der Waals surface area contributed by atoms with Crippen LogP contribution in [0.5, 0.6) is 0 Å². The van der Waals surface area contributed by atoms with E-state index in [-0.39, 0.29) is 17.2 Å². The molecule has 1 fully saturated rings. The molecule has 1 aliphatic heterocycles. The van der Waals surface area contributed by atoms with E-state index in [1.54, 1.807) is 17.0 Å². The number of para-hydroxylation sites is 1. The maximum absolute atomic E-state index is 13.8. The van der Waals surface area contributed by atoms with Crippen LogP contribution in [0, 0.1) is 5.82 Å². The van der Waals surface area contributed by atoms with Gasteiger partial charge in [0.25, 0.3) is 15.9 Å². The van der Waals surface area contributed by atoms with Gasteiger partial charge in [-0.05, 0) is 24.3 Å². The second-order valence-corrected chi connectivity index (χ2v) is 7.14. The Balaban J connectivity index is 1.91. The molecular formula is C17H17FN2O4S. The summed E-state index contributed by atoms with van der Waals surface area (Å²) >= 11 is 0. The molecule has 0 aliphatic carbocycles. The number of carbonyl (C=O) groups is 1. The van der Waals surface area contributed by atoms with Crippen LogP contribution in [0.1, 0.15) is 10.4 Å². The molecule has 1 saturated heterocycles. The first-order valence-electron chi connectivity index (χ1n) is 7.72. The molecule has 1 aliphatic rings. The van der Waals surface area contributed by atoms with Crippen molar-refractivity contribution in [3.05, 3.63) is 59.9 Å². The summed E-state index contributed by atoms with van der Waals surface area (Å²) in [6.45, 7) is 1.75. The summed E-state index contributed by atoms with van der Waals surface area (Å²) in [6.07, 6.45) is 0. The van der Waals surface area contributed by atoms with Gasteiger partial charge in [0.2, 0.25) is 0 Å². The van der Waals surface area contributed by atoms with E-state index >= 15 is 0 Å². The first-order valence-corrected chi connectivity index (χ1v) is 9.21. The smallest absolute Gasteiger partial charge is 0.264 e. The lowest BCUT2D eigenvalue weighted by Crippen LogP contribution is -2.41. The van der Waals surface area contributed by atoms with E-state index in [1.165, 1.54) is 30.3 Å². The highest BCUT2D eigenvalue weighted by Crippen LogP contribution is 2.23. The third-order valence-electron chi connectivity index (χ3n) is 3.83. The normalized spacial score (nSPS) is 15.0. The van der Waals surface area contributed by atoms with Crippen LogP contribution in [0.15, 0.2) is 53.4 Å². The van der Waals surface area contributed by atoms with Crippen LogP contribution in [-0.2, 0) is 14.8 Å². The van der Waals surface area contributed by atoms with E-state index in [2.05, 4.69) is 4.72 Å². The van der Waals surface area contributed by atoms with Crippen molar-refractivity contribution in [3.8, 4) is 0 Å². The predicted octanol–water partition coefficient (Wildman–Crippen LogP) is 2.10. The highest BCUT2D eigenvalue weighted by molar-refractivity contribution is 7.92. The van der Waals surface area contributed by atoms with Crippen molar-refractivity contribution in [2.45, 2.75) is 4.90 Å². The zero-order valence-corrected chi connectivity index (χ0v) is 14.1. The Morgan fingerprint density at radius 2 is 1.68 bits per heavy atom. The lowest BCUT2D eigenvalue weighted by atomic mass is 10.1. The van der Waals surface area contributed by atoms with E-state index in [4.69, 9.17) is 4.74 Å². The number of sulfonamides is 1. The van der Waals surface area contributed by atoms with E-state index < -0.39 is 20.7 Å². The molecule has 0 radical (unpaired) electrons. The second-order valence-electron chi connectivity index (χ2n) is 5.49. The van der Waals surface area contributed by atoms with Crippen molar-refractivity contribution in [3.63, 3.8) is 0 Å². The largest absolute Gasteiger partial charge is 0.378 e. The molecule has 6 nitrogen and oxygen atoms in total. The van der Waals surface area contributed by atoms with Gasteiger partial charge in [-0.2, -0.15) is 0 Å². The Kier molecular flexibility index (Phi) is 5.00. The molecule has 0 unspecified atom stereocenters. The van der Waals surface area contributed by atoms with Gasteiger partial charge < -0.3 is 9.64 Å². The van der Waals surface area contributed by atoms with Crippen LogP contribution in [0.4, 0.5) is 10.1 Å². The Hall–Kier alpha value is -2.45. The molecule has 2 aromatic rings. The number of ether oxygens (including phenoxy) is 1. The average Bonchev–Trinajstić information content (AvgIpc) is 2.62. The number of hydrogen-bond acceptors (Lipinski definition) is 4. The van der Waals surface area contributed by atoms with Crippen LogP contribution < -0.4 is 4.72 Å². The quantitative estimate of drug-likeness (QED) is 0.901. The summed E-state index contributed by atoms with van der Waals surface area (Å²) < 4.78 is 46.3. The molecule has 8 heteroatoms. The zero-order valence-electron chi connectivity index (χ0n) is 13.3. The number of benzene rings is 2. The summed E-state index contributed by atoms with van der Waals surface area (Å²) in [5.74, 6) is -1.15. The molecule has 132 valence electrons. The minimum atomic E-state index is -4.15. The van der Waals surface area contributed by atoms with Gasteiger partial charge in [0.1, 0.15) is 10.7 Å². The van der Waals surface area contributed by atoms with Crippen molar-refractivity contribution in [1.29, 1.82) is 0 Å². The summed E-state index contributed by atoms with van der Waals surface area (Å²) in [5.41, 5.74) is 0.326. The lowest BCUT2D eigenvalue weighted by molar-refractivity contribution is 0.0303. The SMILES string of the molecule is O=C(c1ccccc1NS(=O)(=O)c1ccccc1F)N1CCOCC1. The summed E-state index contributed by atoms with van der Waals surface area (Å²) in [6, 6.07) is 11.4. The number of amides is 1. The topological polar surface area (TPSA) is 75.7 Å². The van der Waals surface area contributed by atoms with Crippen molar-refractivity contribution >= 4 is 21.6 Å². The van der Waals surface area contributed by atoms with Gasteiger partial charge in [-0.1, -0.05) is 24.3 Å². The summed E-state index contributed by atoms with van der Waals surface area (Å²) in [7, 11) is -4.15. The molecule has 0 atom stereocenters. The summed E-state index contributed by atoms with van der Waals surface area (Å²) in [4.78, 5) is 13.8. The molecule has 0 saturated carbocycles. The fourth-order valence-corrected chi connectivity index (χ4v) is 3.72. The highest BCUT2D eigenvalue weighted by atomic mass is 32.2. The minimum Gasteiger partial charge on any atom is -0.378 e. The van der Waals surface area contributed by atoms with Gasteiger partial charge in [-0.3, -0.25) is 9.52 Å². The first-order chi connectivity index (χ1) is 12.0. The Morgan fingerprint density at radius 1 is 1.04 bits per heavy atom. The van der Waals surface area contributed by atoms with Crippen LogP contribution in [0.2, 0.25) is 0 Å². The minimum absolute atomic E-state index is 0.113.